The van der Waals surface area contributed by atoms with Crippen LogP contribution in [0.3, 0.4) is 0 Å². The first kappa shape index (κ1) is 36.0. The molecule has 0 amide bonds. The molecule has 5 heterocycles. The van der Waals surface area contributed by atoms with Crippen molar-refractivity contribution in [2.24, 2.45) is 0 Å². The predicted molar refractivity (Wildman–Crippen MR) is 219 cm³/mol. The summed E-state index contributed by atoms with van der Waals surface area (Å²) in [5, 5.41) is 4.13. The third-order valence-corrected chi connectivity index (χ3v) is 15.0. The first-order chi connectivity index (χ1) is 25.7. The van der Waals surface area contributed by atoms with Crippen molar-refractivity contribution in [3.63, 3.8) is 0 Å². The zero-order valence-corrected chi connectivity index (χ0v) is 35.3. The number of para-hydroxylation sites is 4. The fourth-order valence-corrected chi connectivity index (χ4v) is 10.3. The first-order valence-corrected chi connectivity index (χ1v) is 25.6. The van der Waals surface area contributed by atoms with E-state index in [2.05, 4.69) is 93.3 Å². The molecule has 1 radical (unpaired) electrons. The number of halogens is 1. The third-order valence-electron chi connectivity index (χ3n) is 9.60. The van der Waals surface area contributed by atoms with Crippen LogP contribution in [-0.4, -0.2) is 32.8 Å². The van der Waals surface area contributed by atoms with Crippen molar-refractivity contribution in [1.82, 2.24) is 19.5 Å². The summed E-state index contributed by atoms with van der Waals surface area (Å²) >= 11 is -0.242. The second-order valence-corrected chi connectivity index (χ2v) is 25.8. The second kappa shape index (κ2) is 14.3. The molecule has 0 aliphatic heterocycles. The minimum atomic E-state index is -1.72. The predicted octanol–water partition coefficient (Wildman–Crippen LogP) is 11.7. The average molecular weight is 962 g/mol. The maximum absolute atomic E-state index is 14.0. The quantitative estimate of drug-likeness (QED) is 0.100. The van der Waals surface area contributed by atoms with Crippen molar-refractivity contribution < 1.29 is 28.9 Å². The Morgan fingerprint density at radius 2 is 1.57 bits per heavy atom. The normalized spacial score (nSPS) is 11.6. The molecule has 0 spiro atoms. The van der Waals surface area contributed by atoms with Gasteiger partial charge in [-0.1, -0.05) is 60.3 Å². The SMILES string of the molecule is Cc1c[c-]c(-c2nc3ccccc3n2-c2cccc3c2oc2ccccc23)c2sc3nc(F)ccc3c12.[CH3][Ge]([CH3])([CH3])[c]1ccc(-c2[c-]cccc2)nc1.[Ir]. The molecular formula is C45H33FGeIrN4OS-2. The van der Waals surface area contributed by atoms with E-state index in [4.69, 9.17) is 9.40 Å². The Bertz CT molecular complexity index is 2970. The second-order valence-electron chi connectivity index (χ2n) is 14.1. The van der Waals surface area contributed by atoms with Crippen molar-refractivity contribution in [2.45, 2.75) is 24.2 Å². The average Bonchev–Trinajstić information content (AvgIpc) is 3.87. The Balaban J connectivity index is 0.000000206. The van der Waals surface area contributed by atoms with Crippen molar-refractivity contribution in [3.05, 3.63) is 151 Å². The van der Waals surface area contributed by atoms with Crippen LogP contribution in [0.5, 0.6) is 0 Å². The molecule has 0 saturated carbocycles. The number of rotatable bonds is 4. The molecule has 5 aromatic carbocycles. The van der Waals surface area contributed by atoms with E-state index in [1.54, 1.807) is 0 Å². The summed E-state index contributed by atoms with van der Waals surface area (Å²) in [5.74, 6) is 7.42. The Kier molecular flexibility index (Phi) is 9.57. The van der Waals surface area contributed by atoms with E-state index in [0.717, 1.165) is 82.3 Å². The van der Waals surface area contributed by atoms with Crippen LogP contribution >= 0.6 is 11.3 Å². The molecule has 9 heteroatoms. The fourth-order valence-electron chi connectivity index (χ4n) is 6.90. The van der Waals surface area contributed by atoms with E-state index < -0.39 is 19.2 Å². The van der Waals surface area contributed by atoms with Gasteiger partial charge in [0.25, 0.3) is 0 Å². The van der Waals surface area contributed by atoms with Gasteiger partial charge in [0, 0.05) is 36.3 Å². The number of aryl methyl sites for hydroxylation is 1. The summed E-state index contributed by atoms with van der Waals surface area (Å²) in [6, 6.07) is 46.6. The molecule has 0 N–H and O–H groups in total. The van der Waals surface area contributed by atoms with Crippen LogP contribution < -0.4 is 4.40 Å². The number of furan rings is 1. The number of pyridine rings is 2. The molecule has 0 aliphatic carbocycles. The van der Waals surface area contributed by atoms with Crippen molar-refractivity contribution >= 4 is 82.3 Å². The summed E-state index contributed by atoms with van der Waals surface area (Å²) in [5.41, 5.74) is 8.40. The third kappa shape index (κ3) is 6.37. The first-order valence-electron chi connectivity index (χ1n) is 17.5. The van der Waals surface area contributed by atoms with E-state index in [1.807, 2.05) is 79.0 Å². The van der Waals surface area contributed by atoms with Gasteiger partial charge in [-0.2, -0.15) is 15.7 Å². The number of hydrogen-bond donors (Lipinski definition) is 0. The van der Waals surface area contributed by atoms with E-state index in [-0.39, 0.29) is 20.1 Å². The number of fused-ring (bicyclic) bond motifs is 7. The van der Waals surface area contributed by atoms with Gasteiger partial charge in [0.2, 0.25) is 5.95 Å². The van der Waals surface area contributed by atoms with E-state index in [9.17, 15) is 4.39 Å². The largest absolute Gasteiger partial charge is 0 e. The molecule has 54 heavy (non-hydrogen) atoms. The van der Waals surface area contributed by atoms with Gasteiger partial charge >= 0.3 is 99.8 Å². The van der Waals surface area contributed by atoms with E-state index >= 15 is 0 Å². The summed E-state index contributed by atoms with van der Waals surface area (Å²) in [6.07, 6.45) is 2.04. The summed E-state index contributed by atoms with van der Waals surface area (Å²) < 4.78 is 25.0. The number of imidazole rings is 1. The molecule has 0 bridgehead atoms. The fraction of sp³-hybridized carbons (Fsp3) is 0.0889. The van der Waals surface area contributed by atoms with Crippen LogP contribution in [0.4, 0.5) is 4.39 Å². The van der Waals surface area contributed by atoms with Gasteiger partial charge in [-0.3, -0.25) is 4.98 Å². The standard InChI is InChI=1S/C31H17FN3OS.C14H16GeN.Ir/c1-17-13-14-21(29-27(17)20-15-16-26(32)34-31(20)37-29)30-33-22-9-3-4-10-23(22)35(30)24-11-6-8-19-18-7-2-5-12-25(18)36-28(19)24;1-15(2,3)13-9-10-14(16-11-13)12-7-5-4-6-8-12;/h2-13,15-16H,1H3;4-7,9-11H,1-3H3;/q2*-1;. The number of benzene rings is 5. The van der Waals surface area contributed by atoms with Crippen LogP contribution in [0, 0.1) is 25.0 Å². The summed E-state index contributed by atoms with van der Waals surface area (Å²) in [4.78, 5) is 14.5. The van der Waals surface area contributed by atoms with Crippen LogP contribution in [0.25, 0.3) is 81.6 Å². The number of aromatic nitrogens is 4. The summed E-state index contributed by atoms with van der Waals surface area (Å²) in [6.45, 7) is 2.05. The minimum absolute atomic E-state index is 0. The molecule has 10 aromatic rings. The minimum Gasteiger partial charge on any atom is 0 e. The van der Waals surface area contributed by atoms with Crippen LogP contribution in [0.2, 0.25) is 17.3 Å². The smallest absolute Gasteiger partial charge is 0 e. The van der Waals surface area contributed by atoms with E-state index in [0.29, 0.717) is 4.83 Å². The van der Waals surface area contributed by atoms with Crippen molar-refractivity contribution in [3.8, 4) is 28.3 Å². The van der Waals surface area contributed by atoms with Gasteiger partial charge in [0.05, 0.1) is 22.5 Å². The van der Waals surface area contributed by atoms with Crippen LogP contribution in [-0.2, 0) is 20.1 Å². The molecule has 0 atom stereocenters. The van der Waals surface area contributed by atoms with Gasteiger partial charge in [0.15, 0.2) is 5.58 Å². The van der Waals surface area contributed by atoms with Gasteiger partial charge in [-0.25, -0.2) is 4.98 Å². The number of thiophene rings is 1. The molecule has 0 aliphatic rings. The zero-order valence-electron chi connectivity index (χ0n) is 29.9. The van der Waals surface area contributed by atoms with Gasteiger partial charge in [0.1, 0.15) is 10.4 Å². The molecule has 5 nitrogen and oxygen atoms in total. The molecule has 0 saturated heterocycles. The Labute approximate surface area is 332 Å². The Morgan fingerprint density at radius 1 is 0.778 bits per heavy atom. The molecule has 5 aromatic heterocycles. The molecular weight excluding hydrogens is 928 g/mol. The molecule has 0 unspecified atom stereocenters. The van der Waals surface area contributed by atoms with Crippen LogP contribution in [0.15, 0.2) is 132 Å². The number of nitrogens with zero attached hydrogens (tertiary/aromatic N) is 4. The van der Waals surface area contributed by atoms with Gasteiger partial charge in [-0.15, -0.1) is 17.7 Å². The van der Waals surface area contributed by atoms with Crippen molar-refractivity contribution in [2.75, 3.05) is 0 Å². The Morgan fingerprint density at radius 3 is 2.37 bits per heavy atom. The monoisotopic (exact) mass is 963 g/mol. The van der Waals surface area contributed by atoms with Crippen LogP contribution in [0.1, 0.15) is 5.56 Å². The van der Waals surface area contributed by atoms with E-state index in [1.165, 1.54) is 21.8 Å². The zero-order chi connectivity index (χ0) is 36.3. The Hall–Kier alpha value is -4.99. The molecule has 0 fully saturated rings. The molecule has 10 rings (SSSR count). The van der Waals surface area contributed by atoms with Crippen molar-refractivity contribution in [1.29, 1.82) is 0 Å². The topological polar surface area (TPSA) is 56.7 Å². The number of hydrogen-bond acceptors (Lipinski definition) is 5. The van der Waals surface area contributed by atoms with Gasteiger partial charge < -0.3 is 8.98 Å². The van der Waals surface area contributed by atoms with Gasteiger partial charge in [-0.05, 0) is 41.1 Å². The molecule has 267 valence electrons. The summed E-state index contributed by atoms with van der Waals surface area (Å²) in [7, 11) is 0. The maximum atomic E-state index is 14.0. The maximum Gasteiger partial charge on any atom is 0 e.